The van der Waals surface area contributed by atoms with Gasteiger partial charge in [0.05, 0.1) is 27.4 Å². The van der Waals surface area contributed by atoms with Gasteiger partial charge < -0.3 is 30.0 Å². The first-order chi connectivity index (χ1) is 32.7. The third-order valence-corrected chi connectivity index (χ3v) is 16.6. The van der Waals surface area contributed by atoms with Crippen molar-refractivity contribution in [1.82, 2.24) is 14.6 Å². The lowest BCUT2D eigenvalue weighted by Crippen LogP contribution is -2.55. The Morgan fingerprint density at radius 2 is 1.60 bits per heavy atom. The van der Waals surface area contributed by atoms with E-state index in [1.54, 1.807) is 48.5 Å². The maximum absolute atomic E-state index is 14.8. The Balaban J connectivity index is 0.954. The molecule has 3 heterocycles. The summed E-state index contributed by atoms with van der Waals surface area (Å²) < 4.78 is 49.2. The van der Waals surface area contributed by atoms with E-state index >= 15 is 0 Å². The molecule has 3 aliphatic rings. The summed E-state index contributed by atoms with van der Waals surface area (Å²) in [5, 5.41) is 26.0. The van der Waals surface area contributed by atoms with Crippen LogP contribution in [0, 0.1) is 24.2 Å². The molecular formula is C50H43Cl2N5O9S2. The van der Waals surface area contributed by atoms with Crippen molar-refractivity contribution in [3.05, 3.63) is 152 Å². The van der Waals surface area contributed by atoms with E-state index in [0.717, 1.165) is 57.2 Å². The average Bonchev–Trinajstić information content (AvgIpc) is 3.70. The van der Waals surface area contributed by atoms with E-state index in [1.807, 2.05) is 54.6 Å². The van der Waals surface area contributed by atoms with Crippen molar-refractivity contribution in [2.24, 2.45) is 5.92 Å². The first kappa shape index (κ1) is 46.6. The number of halogens is 2. The second kappa shape index (κ2) is 19.6. The molecule has 1 unspecified atom stereocenters. The number of nitriles is 1. The van der Waals surface area contributed by atoms with Crippen LogP contribution in [0.2, 0.25) is 10.0 Å². The molecule has 1 fully saturated rings. The summed E-state index contributed by atoms with van der Waals surface area (Å²) in [7, 11) is -4.50. The number of aromatic nitrogens is 1. The molecule has 1 saturated carbocycles. The normalized spacial score (nSPS) is 17.2. The molecule has 5 aromatic carbocycles. The number of ether oxygens (including phenoxy) is 3. The number of fused-ring (bicyclic) bond motifs is 2. The molecule has 3 atom stereocenters. The third-order valence-electron chi connectivity index (χ3n) is 12.3. The molecule has 2 aliphatic heterocycles. The minimum atomic E-state index is -4.50. The van der Waals surface area contributed by atoms with Crippen LogP contribution in [0.25, 0.3) is 11.1 Å². The van der Waals surface area contributed by atoms with E-state index in [2.05, 4.69) is 21.7 Å². The van der Waals surface area contributed by atoms with Crippen molar-refractivity contribution in [1.29, 1.82) is 5.26 Å². The van der Waals surface area contributed by atoms with E-state index in [0.29, 0.717) is 49.5 Å². The maximum atomic E-state index is 14.8. The van der Waals surface area contributed by atoms with Gasteiger partial charge in [0.2, 0.25) is 11.8 Å². The fourth-order valence-electron chi connectivity index (χ4n) is 8.28. The van der Waals surface area contributed by atoms with Crippen LogP contribution < -0.4 is 24.8 Å². The second-order valence-electron chi connectivity index (χ2n) is 16.9. The molecule has 3 N–H and O–H groups in total. The lowest BCUT2D eigenvalue weighted by Gasteiger charge is -2.36. The molecule has 18 heteroatoms. The van der Waals surface area contributed by atoms with Gasteiger partial charge in [-0.25, -0.2) is 18.2 Å². The molecule has 0 saturated heterocycles. The second-order valence-corrected chi connectivity index (χ2v) is 20.8. The smallest absolute Gasteiger partial charge is 0.326 e. The van der Waals surface area contributed by atoms with Crippen LogP contribution in [0.3, 0.4) is 0 Å². The van der Waals surface area contributed by atoms with E-state index < -0.39 is 40.1 Å². The van der Waals surface area contributed by atoms with Gasteiger partial charge in [-0.1, -0.05) is 95.6 Å². The van der Waals surface area contributed by atoms with Crippen molar-refractivity contribution >= 4 is 67.5 Å². The van der Waals surface area contributed by atoms with E-state index in [4.69, 9.17) is 42.7 Å². The zero-order valence-corrected chi connectivity index (χ0v) is 39.6. The number of carboxylic acid groups (broad SMARTS) is 1. The number of hydrogen-bond acceptors (Lipinski definition) is 11. The molecule has 1 aromatic heterocycles. The highest BCUT2D eigenvalue weighted by atomic mass is 35.5. The molecule has 0 bridgehead atoms. The average molecular weight is 993 g/mol. The lowest BCUT2D eigenvalue weighted by atomic mass is 9.85. The van der Waals surface area contributed by atoms with Crippen molar-refractivity contribution < 1.29 is 42.1 Å². The number of amides is 2. The maximum Gasteiger partial charge on any atom is 0.326 e. The van der Waals surface area contributed by atoms with Crippen LogP contribution >= 0.6 is 34.5 Å². The first-order valence-electron chi connectivity index (χ1n) is 21.8. The van der Waals surface area contributed by atoms with E-state index in [-0.39, 0.29) is 59.5 Å². The number of hydrogen-bond donors (Lipinski definition) is 3. The van der Waals surface area contributed by atoms with Gasteiger partial charge in [-0.3, -0.25) is 9.59 Å². The Morgan fingerprint density at radius 3 is 2.26 bits per heavy atom. The summed E-state index contributed by atoms with van der Waals surface area (Å²) in [5.41, 5.74) is 5.87. The minimum absolute atomic E-state index is 0.0862. The summed E-state index contributed by atoms with van der Waals surface area (Å²) in [5.74, 6) is -1.08. The number of nitrogens with one attached hydrogen (secondary N) is 2. The standard InChI is InChI=1S/C50H43Cl2N5O9S2/c1-28-49(67-50(54-28)56-46(58)35-3-2-4-35)68(62,63)57-25-37-23-44-43(65-27-45(66-44)34-14-16-38(17-15-34)64-26-31-9-18-39(51)40(52)19-31)22-36(37)21-42(57)47(59)55-41(48(60)61)20-29-5-10-32(11-6-29)33-12-7-30(24-53)8-13-33/h5-19,22-23,35,41-42,45H,2-4,20-21,25-27H2,1H3,(H,55,59)(H,60,61)(H,54,56,58)/t41?,42-,45+/m0/s1. The van der Waals surface area contributed by atoms with Gasteiger partial charge in [0, 0.05) is 18.9 Å². The molecule has 0 radical (unpaired) electrons. The van der Waals surface area contributed by atoms with Crippen LogP contribution in [-0.2, 0) is 50.4 Å². The lowest BCUT2D eigenvalue weighted by molar-refractivity contribution is -0.142. The highest BCUT2D eigenvalue weighted by Crippen LogP contribution is 2.43. The van der Waals surface area contributed by atoms with Gasteiger partial charge in [0.15, 0.2) is 26.9 Å². The van der Waals surface area contributed by atoms with Gasteiger partial charge in [-0.2, -0.15) is 9.57 Å². The Morgan fingerprint density at radius 1 is 0.912 bits per heavy atom. The molecule has 68 heavy (non-hydrogen) atoms. The highest BCUT2D eigenvalue weighted by Gasteiger charge is 2.43. The Hall–Kier alpha value is -6.48. The quantitative estimate of drug-likeness (QED) is 0.0942. The van der Waals surface area contributed by atoms with Crippen LogP contribution in [0.5, 0.6) is 17.2 Å². The fourth-order valence-corrected chi connectivity index (χ4v) is 11.7. The van der Waals surface area contributed by atoms with Gasteiger partial charge in [0.1, 0.15) is 31.0 Å². The SMILES string of the molecule is Cc1nc(NC(=O)C2CCC2)sc1S(=O)(=O)N1Cc2cc3c(cc2C[C@H]1C(=O)NC(Cc1ccc(-c2ccc(C#N)cc2)cc1)C(=O)O)OC[C@H](c1ccc(OCc2ccc(Cl)c(Cl)c2)cc1)O3. The number of anilines is 1. The number of carboxylic acids is 1. The molecule has 6 aromatic rings. The molecule has 348 valence electrons. The largest absolute Gasteiger partial charge is 0.489 e. The predicted octanol–water partition coefficient (Wildman–Crippen LogP) is 9.05. The third kappa shape index (κ3) is 10.0. The zero-order chi connectivity index (χ0) is 47.7. The zero-order valence-electron chi connectivity index (χ0n) is 36.4. The monoisotopic (exact) mass is 991 g/mol. The number of carbonyl (C=O) groups excluding carboxylic acids is 2. The summed E-state index contributed by atoms with van der Waals surface area (Å²) >= 11 is 13.0. The van der Waals surface area contributed by atoms with Gasteiger partial charge in [-0.05, 0) is 114 Å². The molecule has 9 rings (SSSR count). The van der Waals surface area contributed by atoms with Crippen molar-refractivity contribution in [2.75, 3.05) is 11.9 Å². The number of aryl methyl sites for hydroxylation is 1. The topological polar surface area (TPSA) is 197 Å². The van der Waals surface area contributed by atoms with Crippen molar-refractivity contribution in [3.8, 4) is 34.4 Å². The highest BCUT2D eigenvalue weighted by molar-refractivity contribution is 7.91. The number of aliphatic carboxylic acids is 1. The summed E-state index contributed by atoms with van der Waals surface area (Å²) in [6.45, 7) is 1.71. The summed E-state index contributed by atoms with van der Waals surface area (Å²) in [4.78, 5) is 44.4. The predicted molar refractivity (Wildman–Crippen MR) is 255 cm³/mol. The van der Waals surface area contributed by atoms with Gasteiger partial charge in [0.25, 0.3) is 10.0 Å². The van der Waals surface area contributed by atoms with Crippen LogP contribution in [-0.4, -0.2) is 59.3 Å². The molecule has 1 aliphatic carbocycles. The molecule has 2 amide bonds. The number of sulfonamides is 1. The Kier molecular flexibility index (Phi) is 13.5. The number of nitrogens with zero attached hydrogens (tertiary/aromatic N) is 3. The van der Waals surface area contributed by atoms with E-state index in [1.165, 1.54) is 6.92 Å². The van der Waals surface area contributed by atoms with E-state index in [9.17, 15) is 27.9 Å². The molecule has 0 spiro atoms. The van der Waals surface area contributed by atoms with Crippen molar-refractivity contribution in [2.45, 2.75) is 74.6 Å². The Labute approximate surface area is 406 Å². The fraction of sp³-hybridized carbons (Fsp3) is 0.260. The first-order valence-corrected chi connectivity index (χ1v) is 24.8. The van der Waals surface area contributed by atoms with Crippen LogP contribution in [0.4, 0.5) is 5.13 Å². The van der Waals surface area contributed by atoms with Crippen LogP contribution in [0.15, 0.2) is 107 Å². The van der Waals surface area contributed by atoms with Gasteiger partial charge >= 0.3 is 5.97 Å². The summed E-state index contributed by atoms with van der Waals surface area (Å²) in [6, 6.07) is 29.7. The molecule has 14 nitrogen and oxygen atoms in total. The number of rotatable bonds is 14. The van der Waals surface area contributed by atoms with Gasteiger partial charge in [-0.15, -0.1) is 0 Å². The minimum Gasteiger partial charge on any atom is -0.489 e. The molecular weight excluding hydrogens is 950 g/mol. The number of benzene rings is 5. The number of carbonyl (C=O) groups is 3. The van der Waals surface area contributed by atoms with Crippen molar-refractivity contribution in [3.63, 3.8) is 0 Å². The summed E-state index contributed by atoms with van der Waals surface area (Å²) in [6.07, 6.45) is 1.72. The Bertz CT molecular complexity index is 3070. The van der Waals surface area contributed by atoms with Crippen LogP contribution in [0.1, 0.15) is 64.4 Å². The number of thiazole rings is 1.